The number of methoxy groups -OCH3 is 2. The molecule has 33 heavy (non-hydrogen) atoms. The molecule has 0 aliphatic carbocycles. The van der Waals surface area contributed by atoms with Crippen LogP contribution in [-0.2, 0) is 4.79 Å². The maximum Gasteiger partial charge on any atom is 0.346 e. The van der Waals surface area contributed by atoms with E-state index in [0.29, 0.717) is 34.1 Å². The van der Waals surface area contributed by atoms with E-state index in [-0.39, 0.29) is 29.7 Å². The van der Waals surface area contributed by atoms with Crippen LogP contribution in [-0.4, -0.2) is 37.8 Å². The zero-order valence-corrected chi connectivity index (χ0v) is 18.8. The number of thiophene rings is 1. The Bertz CT molecular complexity index is 1260. The number of carbonyl (C=O) groups excluding carboxylic acids is 1. The van der Waals surface area contributed by atoms with Crippen LogP contribution in [0.4, 0.5) is 5.69 Å². The molecule has 2 N–H and O–H groups in total. The van der Waals surface area contributed by atoms with Crippen molar-refractivity contribution >= 4 is 28.9 Å². The van der Waals surface area contributed by atoms with Gasteiger partial charge in [0, 0.05) is 22.8 Å². The molecule has 0 fully saturated rings. The lowest BCUT2D eigenvalue weighted by Crippen LogP contribution is -2.22. The van der Waals surface area contributed by atoms with Crippen LogP contribution in [0, 0.1) is 12.3 Å². The molecule has 1 atom stereocenters. The van der Waals surface area contributed by atoms with Gasteiger partial charge in [0.1, 0.15) is 17.2 Å². The quantitative estimate of drug-likeness (QED) is 0.497. The summed E-state index contributed by atoms with van der Waals surface area (Å²) in [5, 5.41) is 12.8. The van der Waals surface area contributed by atoms with Gasteiger partial charge in [0.25, 0.3) is 0 Å². The second kappa shape index (κ2) is 9.27. The standard InChI is InChI=1S/C25H21NO6S/c1-4-11-32-18-10-7-15(12-19(18)31-3)17-13-20(27)26-22-21(24(25(28)29)33-23(17)22)14-5-8-16(30-2)9-6-14/h1,5-10,12,17H,11,13H2,2-3H3,(H,26,27)(H,28,29). The van der Waals surface area contributed by atoms with Gasteiger partial charge >= 0.3 is 5.97 Å². The van der Waals surface area contributed by atoms with Crippen LogP contribution in [0.5, 0.6) is 17.2 Å². The third-order valence-corrected chi connectivity index (χ3v) is 6.67. The maximum atomic E-state index is 12.7. The van der Waals surface area contributed by atoms with E-state index in [1.807, 2.05) is 6.07 Å². The van der Waals surface area contributed by atoms with Gasteiger partial charge in [-0.1, -0.05) is 24.1 Å². The molecule has 0 saturated heterocycles. The zero-order chi connectivity index (χ0) is 23.5. The highest BCUT2D eigenvalue weighted by Crippen LogP contribution is 2.50. The summed E-state index contributed by atoms with van der Waals surface area (Å²) in [6, 6.07) is 12.5. The van der Waals surface area contributed by atoms with Crippen molar-refractivity contribution in [3.8, 4) is 40.7 Å². The lowest BCUT2D eigenvalue weighted by molar-refractivity contribution is -0.116. The number of carboxylic acid groups (broad SMARTS) is 1. The molecule has 7 nitrogen and oxygen atoms in total. The summed E-state index contributed by atoms with van der Waals surface area (Å²) < 4.78 is 16.2. The first kappa shape index (κ1) is 22.2. The molecule has 0 radical (unpaired) electrons. The Labute approximate surface area is 194 Å². The summed E-state index contributed by atoms with van der Waals surface area (Å²) in [5.74, 6) is 2.47. The Kier molecular flexibility index (Phi) is 6.24. The molecule has 1 aliphatic rings. The largest absolute Gasteiger partial charge is 0.497 e. The Morgan fingerprint density at radius 1 is 1.18 bits per heavy atom. The lowest BCUT2D eigenvalue weighted by Gasteiger charge is -2.24. The molecule has 1 unspecified atom stereocenters. The van der Waals surface area contributed by atoms with E-state index < -0.39 is 5.97 Å². The summed E-state index contributed by atoms with van der Waals surface area (Å²) in [4.78, 5) is 25.8. The summed E-state index contributed by atoms with van der Waals surface area (Å²) in [5.41, 5.74) is 2.51. The van der Waals surface area contributed by atoms with Crippen LogP contribution in [0.1, 0.15) is 32.5 Å². The Hall–Kier alpha value is -3.96. The van der Waals surface area contributed by atoms with Gasteiger partial charge in [-0.05, 0) is 35.4 Å². The predicted molar refractivity (Wildman–Crippen MR) is 126 cm³/mol. The Morgan fingerprint density at radius 2 is 1.94 bits per heavy atom. The Morgan fingerprint density at radius 3 is 2.58 bits per heavy atom. The third kappa shape index (κ3) is 4.23. The lowest BCUT2D eigenvalue weighted by atomic mass is 9.88. The maximum absolute atomic E-state index is 12.7. The fourth-order valence-corrected chi connectivity index (χ4v) is 5.13. The summed E-state index contributed by atoms with van der Waals surface area (Å²) in [6.45, 7) is 0.101. The van der Waals surface area contributed by atoms with Gasteiger partial charge in [0.05, 0.1) is 19.9 Å². The van der Waals surface area contributed by atoms with Gasteiger partial charge in [0.2, 0.25) is 5.91 Å². The molecule has 168 valence electrons. The van der Waals surface area contributed by atoms with Gasteiger partial charge in [-0.25, -0.2) is 4.79 Å². The number of aromatic carboxylic acids is 1. The van der Waals surface area contributed by atoms with E-state index in [9.17, 15) is 14.7 Å². The molecule has 8 heteroatoms. The number of fused-ring (bicyclic) bond motifs is 1. The summed E-state index contributed by atoms with van der Waals surface area (Å²) in [6.07, 6.45) is 5.46. The van der Waals surface area contributed by atoms with Crippen molar-refractivity contribution in [1.82, 2.24) is 0 Å². The molecule has 1 aliphatic heterocycles. The minimum atomic E-state index is -1.05. The van der Waals surface area contributed by atoms with Crippen LogP contribution in [0.25, 0.3) is 11.1 Å². The number of rotatable bonds is 7. The number of nitrogens with one attached hydrogen (secondary N) is 1. The van der Waals surface area contributed by atoms with Crippen LogP contribution in [0.15, 0.2) is 42.5 Å². The predicted octanol–water partition coefficient (Wildman–Crippen LogP) is 4.62. The zero-order valence-electron chi connectivity index (χ0n) is 18.0. The third-order valence-electron chi connectivity index (χ3n) is 5.38. The van der Waals surface area contributed by atoms with E-state index in [1.54, 1.807) is 43.5 Å². The normalized spacial score (nSPS) is 14.6. The minimum Gasteiger partial charge on any atom is -0.497 e. The smallest absolute Gasteiger partial charge is 0.346 e. The first-order valence-electron chi connectivity index (χ1n) is 10.0. The van der Waals surface area contributed by atoms with Crippen LogP contribution in [0.2, 0.25) is 0 Å². The van der Waals surface area contributed by atoms with Crippen molar-refractivity contribution in [3.63, 3.8) is 0 Å². The molecule has 3 aromatic rings. The van der Waals surface area contributed by atoms with Crippen molar-refractivity contribution in [3.05, 3.63) is 57.8 Å². The number of anilines is 1. The number of amides is 1. The molecular formula is C25H21NO6S. The molecule has 2 heterocycles. The molecule has 0 spiro atoms. The molecule has 2 aromatic carbocycles. The highest BCUT2D eigenvalue weighted by Gasteiger charge is 2.34. The topological polar surface area (TPSA) is 94.1 Å². The van der Waals surface area contributed by atoms with Crippen LogP contribution < -0.4 is 19.5 Å². The van der Waals surface area contributed by atoms with Crippen LogP contribution in [0.3, 0.4) is 0 Å². The highest BCUT2D eigenvalue weighted by molar-refractivity contribution is 7.15. The number of hydrogen-bond acceptors (Lipinski definition) is 6. The second-order valence-electron chi connectivity index (χ2n) is 7.29. The van der Waals surface area contributed by atoms with Crippen LogP contribution >= 0.6 is 11.3 Å². The number of terminal acetylenes is 1. The highest BCUT2D eigenvalue weighted by atomic mass is 32.1. The first-order chi connectivity index (χ1) is 16.0. The Balaban J connectivity index is 1.83. The number of benzene rings is 2. The molecule has 1 aromatic heterocycles. The first-order valence-corrected chi connectivity index (χ1v) is 10.9. The number of hydrogen-bond donors (Lipinski definition) is 2. The number of carbonyl (C=O) groups is 2. The summed E-state index contributed by atoms with van der Waals surface area (Å²) in [7, 11) is 3.09. The van der Waals surface area contributed by atoms with Crippen molar-refractivity contribution in [2.24, 2.45) is 0 Å². The van der Waals surface area contributed by atoms with Gasteiger partial charge in [0.15, 0.2) is 11.5 Å². The average molecular weight is 464 g/mol. The van der Waals surface area contributed by atoms with E-state index in [2.05, 4.69) is 11.2 Å². The van der Waals surface area contributed by atoms with Crippen molar-refractivity contribution in [2.75, 3.05) is 26.1 Å². The van der Waals surface area contributed by atoms with E-state index in [0.717, 1.165) is 10.4 Å². The molecule has 0 bridgehead atoms. The van der Waals surface area contributed by atoms with Crippen molar-refractivity contribution < 1.29 is 28.9 Å². The van der Waals surface area contributed by atoms with Crippen molar-refractivity contribution in [1.29, 1.82) is 0 Å². The summed E-state index contributed by atoms with van der Waals surface area (Å²) >= 11 is 1.17. The van der Waals surface area contributed by atoms with E-state index in [1.165, 1.54) is 18.4 Å². The number of ether oxygens (including phenoxy) is 3. The molecular weight excluding hydrogens is 442 g/mol. The minimum absolute atomic E-state index is 0.101. The van der Waals surface area contributed by atoms with E-state index >= 15 is 0 Å². The second-order valence-corrected chi connectivity index (χ2v) is 8.34. The molecule has 0 saturated carbocycles. The fraction of sp³-hybridized carbons (Fsp3) is 0.200. The van der Waals surface area contributed by atoms with Gasteiger partial charge < -0.3 is 24.6 Å². The van der Waals surface area contributed by atoms with E-state index in [4.69, 9.17) is 20.6 Å². The molecule has 4 rings (SSSR count). The number of carboxylic acids is 1. The van der Waals surface area contributed by atoms with Crippen molar-refractivity contribution in [2.45, 2.75) is 12.3 Å². The van der Waals surface area contributed by atoms with Gasteiger partial charge in [-0.3, -0.25) is 4.79 Å². The SMILES string of the molecule is C#CCOc1ccc(C2CC(=O)Nc3c2sc(C(=O)O)c3-c2ccc(OC)cc2)cc1OC. The molecule has 1 amide bonds. The van der Waals surface area contributed by atoms with Gasteiger partial charge in [-0.2, -0.15) is 0 Å². The van der Waals surface area contributed by atoms with Gasteiger partial charge in [-0.15, -0.1) is 17.8 Å². The average Bonchev–Trinajstić information content (AvgIpc) is 3.21. The fourth-order valence-electron chi connectivity index (χ4n) is 3.88. The monoisotopic (exact) mass is 463 g/mol.